The van der Waals surface area contributed by atoms with Crippen molar-refractivity contribution in [1.82, 2.24) is 9.97 Å². The second-order valence-corrected chi connectivity index (χ2v) is 6.83. The van der Waals surface area contributed by atoms with E-state index in [1.807, 2.05) is 6.92 Å². The summed E-state index contributed by atoms with van der Waals surface area (Å²) in [6.07, 6.45) is 2.89. The monoisotopic (exact) mass is 291 g/mol. The normalized spacial score (nSPS) is 11.6. The molecule has 0 saturated carbocycles. The number of hydrogen-bond acceptors (Lipinski definition) is 5. The van der Waals surface area contributed by atoms with E-state index >= 15 is 0 Å². The van der Waals surface area contributed by atoms with E-state index in [9.17, 15) is 8.42 Å². The first-order chi connectivity index (χ1) is 8.33. The van der Waals surface area contributed by atoms with Gasteiger partial charge in [0.1, 0.15) is 26.6 Å². The topological polar surface area (TPSA) is 72.0 Å². The zero-order valence-corrected chi connectivity index (χ0v) is 12.4. The first kappa shape index (κ1) is 15.2. The minimum Gasteiger partial charge on any atom is -0.369 e. The Kier molecular flexibility index (Phi) is 5.34. The van der Waals surface area contributed by atoms with E-state index in [0.29, 0.717) is 23.3 Å². The van der Waals surface area contributed by atoms with Crippen LogP contribution >= 0.6 is 11.6 Å². The van der Waals surface area contributed by atoms with Gasteiger partial charge in [-0.05, 0) is 13.3 Å². The second-order valence-electron chi connectivity index (χ2n) is 4.21. The van der Waals surface area contributed by atoms with E-state index in [0.717, 1.165) is 18.4 Å². The van der Waals surface area contributed by atoms with Gasteiger partial charge in [0.2, 0.25) is 0 Å². The first-order valence-electron chi connectivity index (χ1n) is 5.78. The number of hydrogen-bond donors (Lipinski definition) is 1. The SMILES string of the molecule is CCCc1nc(Cl)c(C)c(NCCS(C)(=O)=O)n1. The van der Waals surface area contributed by atoms with Crippen LogP contribution < -0.4 is 5.32 Å². The van der Waals surface area contributed by atoms with Gasteiger partial charge in [-0.2, -0.15) is 0 Å². The lowest BCUT2D eigenvalue weighted by Crippen LogP contribution is -2.16. The van der Waals surface area contributed by atoms with Crippen molar-refractivity contribution in [2.75, 3.05) is 23.9 Å². The fourth-order valence-corrected chi connectivity index (χ4v) is 2.06. The van der Waals surface area contributed by atoms with Crippen LogP contribution in [0.2, 0.25) is 5.15 Å². The number of nitrogens with one attached hydrogen (secondary N) is 1. The van der Waals surface area contributed by atoms with Crippen LogP contribution in [0.1, 0.15) is 24.7 Å². The molecule has 0 atom stereocenters. The molecule has 0 spiro atoms. The fourth-order valence-electron chi connectivity index (χ4n) is 1.40. The molecule has 5 nitrogen and oxygen atoms in total. The van der Waals surface area contributed by atoms with Gasteiger partial charge >= 0.3 is 0 Å². The molecule has 0 aliphatic heterocycles. The molecule has 0 aliphatic rings. The summed E-state index contributed by atoms with van der Waals surface area (Å²) in [7, 11) is -2.98. The minimum absolute atomic E-state index is 0.0666. The van der Waals surface area contributed by atoms with E-state index in [-0.39, 0.29) is 5.75 Å². The maximum absolute atomic E-state index is 11.0. The maximum atomic E-state index is 11.0. The lowest BCUT2D eigenvalue weighted by atomic mass is 10.3. The number of anilines is 1. The molecule has 0 aliphatic carbocycles. The summed E-state index contributed by atoms with van der Waals surface area (Å²) < 4.78 is 22.1. The van der Waals surface area contributed by atoms with E-state index in [1.54, 1.807) is 6.92 Å². The molecule has 0 radical (unpaired) electrons. The summed E-state index contributed by atoms with van der Waals surface area (Å²) in [5, 5.41) is 3.41. The van der Waals surface area contributed by atoms with Crippen LogP contribution in [0.25, 0.3) is 0 Å². The predicted octanol–water partition coefficient (Wildman–Crippen LogP) is 1.85. The molecular weight excluding hydrogens is 274 g/mol. The van der Waals surface area contributed by atoms with Gasteiger partial charge in [0.25, 0.3) is 0 Å². The Labute approximate surface area is 113 Å². The Morgan fingerprint density at radius 3 is 2.56 bits per heavy atom. The smallest absolute Gasteiger partial charge is 0.149 e. The molecule has 0 unspecified atom stereocenters. The molecule has 1 heterocycles. The largest absolute Gasteiger partial charge is 0.369 e. The van der Waals surface area contributed by atoms with Gasteiger partial charge in [-0.25, -0.2) is 18.4 Å². The Morgan fingerprint density at radius 1 is 1.33 bits per heavy atom. The molecule has 7 heteroatoms. The molecule has 1 rings (SSSR count). The Bertz CT molecular complexity index is 517. The zero-order chi connectivity index (χ0) is 13.8. The van der Waals surface area contributed by atoms with E-state index < -0.39 is 9.84 Å². The Hall–Kier alpha value is -0.880. The Morgan fingerprint density at radius 2 is 2.00 bits per heavy atom. The lowest BCUT2D eigenvalue weighted by molar-refractivity contribution is 0.602. The van der Waals surface area contributed by atoms with Crippen molar-refractivity contribution in [3.05, 3.63) is 16.5 Å². The van der Waals surface area contributed by atoms with Crippen LogP contribution in [0, 0.1) is 6.92 Å². The first-order valence-corrected chi connectivity index (χ1v) is 8.22. The van der Waals surface area contributed by atoms with Crippen molar-refractivity contribution >= 4 is 27.3 Å². The summed E-state index contributed by atoms with van der Waals surface area (Å²) in [5.41, 5.74) is 0.741. The van der Waals surface area contributed by atoms with Crippen molar-refractivity contribution in [3.8, 4) is 0 Å². The van der Waals surface area contributed by atoms with Crippen molar-refractivity contribution in [1.29, 1.82) is 0 Å². The predicted molar refractivity (Wildman–Crippen MR) is 74.0 cm³/mol. The summed E-state index contributed by atoms with van der Waals surface area (Å²) in [6, 6.07) is 0. The summed E-state index contributed by atoms with van der Waals surface area (Å²) in [4.78, 5) is 8.52. The van der Waals surface area contributed by atoms with Gasteiger partial charge in [-0.3, -0.25) is 0 Å². The maximum Gasteiger partial charge on any atom is 0.149 e. The number of rotatable bonds is 6. The fraction of sp³-hybridized carbons (Fsp3) is 0.636. The quantitative estimate of drug-likeness (QED) is 0.810. The van der Waals surface area contributed by atoms with Crippen LogP contribution in [-0.4, -0.2) is 36.9 Å². The van der Waals surface area contributed by atoms with Gasteiger partial charge in [-0.1, -0.05) is 18.5 Å². The highest BCUT2D eigenvalue weighted by molar-refractivity contribution is 7.90. The lowest BCUT2D eigenvalue weighted by Gasteiger charge is -2.10. The average molecular weight is 292 g/mol. The van der Waals surface area contributed by atoms with Crippen molar-refractivity contribution < 1.29 is 8.42 Å². The van der Waals surface area contributed by atoms with Crippen LogP contribution in [-0.2, 0) is 16.3 Å². The molecule has 1 aromatic heterocycles. The highest BCUT2D eigenvalue weighted by Gasteiger charge is 2.09. The third-order valence-corrected chi connectivity index (χ3v) is 3.69. The van der Waals surface area contributed by atoms with Crippen molar-refractivity contribution in [3.63, 3.8) is 0 Å². The summed E-state index contributed by atoms with van der Waals surface area (Å²) >= 11 is 6.01. The number of halogens is 1. The molecule has 18 heavy (non-hydrogen) atoms. The number of aryl methyl sites for hydroxylation is 1. The number of nitrogens with zero attached hydrogens (tertiary/aromatic N) is 2. The third-order valence-electron chi connectivity index (χ3n) is 2.37. The van der Waals surface area contributed by atoms with Crippen LogP contribution in [0.5, 0.6) is 0 Å². The molecule has 0 saturated heterocycles. The molecule has 1 N–H and O–H groups in total. The van der Waals surface area contributed by atoms with E-state index in [2.05, 4.69) is 15.3 Å². The number of aromatic nitrogens is 2. The van der Waals surface area contributed by atoms with Gasteiger partial charge in [-0.15, -0.1) is 0 Å². The van der Waals surface area contributed by atoms with E-state index in [4.69, 9.17) is 11.6 Å². The molecular formula is C11H18ClN3O2S. The van der Waals surface area contributed by atoms with Crippen LogP contribution in [0.4, 0.5) is 5.82 Å². The van der Waals surface area contributed by atoms with Gasteiger partial charge in [0.15, 0.2) is 0 Å². The summed E-state index contributed by atoms with van der Waals surface area (Å²) in [6.45, 7) is 4.16. The molecule has 0 fully saturated rings. The highest BCUT2D eigenvalue weighted by Crippen LogP contribution is 2.20. The molecule has 1 aromatic rings. The van der Waals surface area contributed by atoms with Crippen molar-refractivity contribution in [2.45, 2.75) is 26.7 Å². The Balaban J connectivity index is 2.80. The molecule has 0 amide bonds. The van der Waals surface area contributed by atoms with Crippen LogP contribution in [0.3, 0.4) is 0 Å². The minimum atomic E-state index is -2.98. The highest BCUT2D eigenvalue weighted by atomic mass is 35.5. The standard InChI is InChI=1S/C11H18ClN3O2S/c1-4-5-9-14-10(12)8(2)11(15-9)13-6-7-18(3,16)17/h4-7H2,1-3H3,(H,13,14,15). The van der Waals surface area contributed by atoms with E-state index in [1.165, 1.54) is 6.26 Å². The van der Waals surface area contributed by atoms with Crippen LogP contribution in [0.15, 0.2) is 0 Å². The molecule has 102 valence electrons. The average Bonchev–Trinajstić information content (AvgIpc) is 2.23. The number of sulfone groups is 1. The molecule has 0 aromatic carbocycles. The van der Waals surface area contributed by atoms with Gasteiger partial charge in [0, 0.05) is 24.8 Å². The second kappa shape index (κ2) is 6.33. The zero-order valence-electron chi connectivity index (χ0n) is 10.8. The summed E-state index contributed by atoms with van der Waals surface area (Å²) in [5.74, 6) is 1.36. The van der Waals surface area contributed by atoms with Crippen molar-refractivity contribution in [2.24, 2.45) is 0 Å². The van der Waals surface area contributed by atoms with Gasteiger partial charge in [0.05, 0.1) is 5.75 Å². The third kappa shape index (κ3) is 4.78. The van der Waals surface area contributed by atoms with Gasteiger partial charge < -0.3 is 5.32 Å². The molecule has 0 bridgehead atoms.